The maximum absolute atomic E-state index is 13.5. The largest absolute Gasteiger partial charge is 0.379 e. The highest BCUT2D eigenvalue weighted by molar-refractivity contribution is 7.89. The summed E-state index contributed by atoms with van der Waals surface area (Å²) in [6, 6.07) is 13.5. The third-order valence-electron chi connectivity index (χ3n) is 8.81. The second-order valence-corrected chi connectivity index (χ2v) is 14.7. The van der Waals surface area contributed by atoms with Crippen LogP contribution in [0.1, 0.15) is 56.6 Å². The summed E-state index contributed by atoms with van der Waals surface area (Å²) >= 11 is 18.5. The monoisotopic (exact) mass is 671 g/mol. The van der Waals surface area contributed by atoms with Crippen LogP contribution in [0.3, 0.4) is 0 Å². The first kappa shape index (κ1) is 32.9. The van der Waals surface area contributed by atoms with Gasteiger partial charge in [-0.3, -0.25) is 9.69 Å². The molecule has 2 aromatic carbocycles. The van der Waals surface area contributed by atoms with Crippen molar-refractivity contribution in [1.29, 1.82) is 0 Å². The molecule has 1 amide bonds. The summed E-state index contributed by atoms with van der Waals surface area (Å²) in [5.41, 5.74) is 1.35. The zero-order valence-corrected chi connectivity index (χ0v) is 27.3. The van der Waals surface area contributed by atoms with E-state index >= 15 is 0 Å². The number of sulfonamides is 1. The quantitative estimate of drug-likeness (QED) is 0.336. The Bertz CT molecular complexity index is 1310. The lowest BCUT2D eigenvalue weighted by molar-refractivity contribution is -0.127. The first-order valence-corrected chi connectivity index (χ1v) is 17.7. The minimum atomic E-state index is -3.98. The Hall–Kier alpha value is -1.43. The minimum absolute atomic E-state index is 0.0168. The van der Waals surface area contributed by atoms with E-state index in [-0.39, 0.29) is 45.1 Å². The van der Waals surface area contributed by atoms with Gasteiger partial charge in [0.1, 0.15) is 11.5 Å². The average Bonchev–Trinajstić information content (AvgIpc) is 2.99. The molecule has 1 saturated carbocycles. The van der Waals surface area contributed by atoms with Crippen molar-refractivity contribution in [1.82, 2.24) is 14.5 Å². The number of nitrogens with zero attached hydrogens (tertiary/aromatic N) is 2. The lowest BCUT2D eigenvalue weighted by atomic mass is 9.78. The number of piperidine rings is 1. The summed E-state index contributed by atoms with van der Waals surface area (Å²) < 4.78 is 39.9. The van der Waals surface area contributed by atoms with Crippen molar-refractivity contribution in [3.8, 4) is 0 Å². The maximum Gasteiger partial charge on any atom is 0.246 e. The average molecular weight is 673 g/mol. The van der Waals surface area contributed by atoms with Gasteiger partial charge in [-0.1, -0.05) is 71.6 Å². The first-order chi connectivity index (χ1) is 20.7. The second-order valence-electron chi connectivity index (χ2n) is 11.7. The van der Waals surface area contributed by atoms with Gasteiger partial charge in [-0.05, 0) is 62.1 Å². The number of hydrogen-bond donors (Lipinski definition) is 1. The fourth-order valence-corrected chi connectivity index (χ4v) is 9.95. The van der Waals surface area contributed by atoms with Crippen molar-refractivity contribution in [3.05, 3.63) is 63.1 Å². The number of rotatable bonds is 10. The lowest BCUT2D eigenvalue weighted by Gasteiger charge is -2.42. The number of amides is 1. The molecule has 1 N–H and O–H groups in total. The molecule has 2 unspecified atom stereocenters. The highest BCUT2D eigenvalue weighted by Crippen LogP contribution is 2.39. The third-order valence-corrected chi connectivity index (χ3v) is 11.9. The normalized spacial score (nSPS) is 24.9. The van der Waals surface area contributed by atoms with Gasteiger partial charge < -0.3 is 14.8 Å². The fourth-order valence-electron chi connectivity index (χ4n) is 6.77. The van der Waals surface area contributed by atoms with Crippen molar-refractivity contribution >= 4 is 50.7 Å². The van der Waals surface area contributed by atoms with E-state index in [1.807, 2.05) is 0 Å². The van der Waals surface area contributed by atoms with Crippen molar-refractivity contribution in [2.45, 2.75) is 68.0 Å². The van der Waals surface area contributed by atoms with Crippen LogP contribution in [0, 0.1) is 5.92 Å². The van der Waals surface area contributed by atoms with Gasteiger partial charge in [0.25, 0.3) is 0 Å². The molecule has 0 bridgehead atoms. The van der Waals surface area contributed by atoms with E-state index in [1.165, 1.54) is 22.0 Å². The Morgan fingerprint density at radius 2 is 1.63 bits per heavy atom. The van der Waals surface area contributed by atoms with E-state index in [9.17, 15) is 13.2 Å². The molecule has 2 aliphatic heterocycles. The predicted octanol–water partition coefficient (Wildman–Crippen LogP) is 5.96. The van der Waals surface area contributed by atoms with Crippen LogP contribution in [0.5, 0.6) is 0 Å². The molecular weight excluding hydrogens is 633 g/mol. The molecule has 12 heteroatoms. The number of halogens is 3. The van der Waals surface area contributed by atoms with Crippen molar-refractivity contribution in [2.24, 2.45) is 5.92 Å². The topological polar surface area (TPSA) is 88.2 Å². The highest BCUT2D eigenvalue weighted by Gasteiger charge is 2.37. The standard InChI is InChI=1S/C31H40Cl3N3O5S/c32-24-18-27(33)31(28(34)19-24)43(39,40)37-13-5-4-8-26(37)20-42-21-29(38)35-25-11-9-23(10-12-25)30(22-6-2-1-3-7-22)36-14-16-41-17-15-36/h1-3,6-7,18-19,23,25-26,30H,4-5,8-17,20-21H2,(H,35,38). The van der Waals surface area contributed by atoms with Gasteiger partial charge >= 0.3 is 0 Å². The molecular formula is C31H40Cl3N3O5S. The summed E-state index contributed by atoms with van der Waals surface area (Å²) in [5, 5.41) is 3.38. The summed E-state index contributed by atoms with van der Waals surface area (Å²) in [7, 11) is -3.98. The molecule has 8 nitrogen and oxygen atoms in total. The molecule has 5 rings (SSSR count). The summed E-state index contributed by atoms with van der Waals surface area (Å²) in [5.74, 6) is 0.344. The van der Waals surface area contributed by atoms with Crippen LogP contribution in [0.4, 0.5) is 0 Å². The van der Waals surface area contributed by atoms with E-state index in [1.54, 1.807) is 0 Å². The maximum atomic E-state index is 13.5. The Morgan fingerprint density at radius 3 is 2.30 bits per heavy atom. The summed E-state index contributed by atoms with van der Waals surface area (Å²) in [6.07, 6.45) is 6.12. The summed E-state index contributed by atoms with van der Waals surface area (Å²) in [4.78, 5) is 15.2. The number of hydrogen-bond acceptors (Lipinski definition) is 6. The Balaban J connectivity index is 1.12. The second kappa shape index (κ2) is 15.2. The van der Waals surface area contributed by atoms with E-state index in [4.69, 9.17) is 44.3 Å². The molecule has 1 aliphatic carbocycles. The number of benzene rings is 2. The number of carbonyl (C=O) groups excluding carboxylic acids is 1. The van der Waals surface area contributed by atoms with Gasteiger partial charge in [-0.2, -0.15) is 4.31 Å². The number of nitrogens with one attached hydrogen (secondary N) is 1. The molecule has 3 aliphatic rings. The molecule has 2 aromatic rings. The molecule has 2 saturated heterocycles. The Labute approximate surface area is 270 Å². The fraction of sp³-hybridized carbons (Fsp3) is 0.581. The summed E-state index contributed by atoms with van der Waals surface area (Å²) in [6.45, 7) is 3.73. The molecule has 0 spiro atoms. The number of carbonyl (C=O) groups is 1. The van der Waals surface area contributed by atoms with Crippen molar-refractivity contribution < 1.29 is 22.7 Å². The molecule has 2 atom stereocenters. The molecule has 0 aromatic heterocycles. The Kier molecular flexibility index (Phi) is 11.7. The number of ether oxygens (including phenoxy) is 2. The van der Waals surface area contributed by atoms with E-state index < -0.39 is 16.1 Å². The van der Waals surface area contributed by atoms with E-state index in [0.717, 1.165) is 64.8 Å². The van der Waals surface area contributed by atoms with Crippen LogP contribution >= 0.6 is 34.8 Å². The first-order valence-electron chi connectivity index (χ1n) is 15.1. The van der Waals surface area contributed by atoms with Gasteiger partial charge in [0.05, 0.1) is 29.9 Å². The zero-order chi connectivity index (χ0) is 30.4. The molecule has 43 heavy (non-hydrogen) atoms. The van der Waals surface area contributed by atoms with Gasteiger partial charge in [0, 0.05) is 42.8 Å². The molecule has 2 heterocycles. The van der Waals surface area contributed by atoms with Crippen LogP contribution in [-0.4, -0.2) is 81.7 Å². The van der Waals surface area contributed by atoms with Crippen LogP contribution in [-0.2, 0) is 24.3 Å². The third kappa shape index (κ3) is 8.24. The van der Waals surface area contributed by atoms with Gasteiger partial charge in [0.2, 0.25) is 15.9 Å². The minimum Gasteiger partial charge on any atom is -0.379 e. The van der Waals surface area contributed by atoms with Gasteiger partial charge in [0.15, 0.2) is 0 Å². The smallest absolute Gasteiger partial charge is 0.246 e. The van der Waals surface area contributed by atoms with E-state index in [2.05, 4.69) is 40.5 Å². The van der Waals surface area contributed by atoms with E-state index in [0.29, 0.717) is 24.9 Å². The SMILES string of the molecule is O=C(COCC1CCCCN1S(=O)(=O)c1c(Cl)cc(Cl)cc1Cl)NC1CCC(C(c2ccccc2)N2CCOCC2)CC1. The van der Waals surface area contributed by atoms with Crippen LogP contribution in [0.15, 0.2) is 47.4 Å². The lowest BCUT2D eigenvalue weighted by Crippen LogP contribution is -2.47. The Morgan fingerprint density at radius 1 is 0.953 bits per heavy atom. The predicted molar refractivity (Wildman–Crippen MR) is 169 cm³/mol. The van der Waals surface area contributed by atoms with Crippen molar-refractivity contribution in [2.75, 3.05) is 46.1 Å². The van der Waals surface area contributed by atoms with Crippen LogP contribution in [0.25, 0.3) is 0 Å². The van der Waals surface area contributed by atoms with Crippen LogP contribution in [0.2, 0.25) is 15.1 Å². The van der Waals surface area contributed by atoms with Gasteiger partial charge in [-0.25, -0.2) is 8.42 Å². The number of morpholine rings is 1. The zero-order valence-electron chi connectivity index (χ0n) is 24.2. The van der Waals surface area contributed by atoms with Crippen LogP contribution < -0.4 is 5.32 Å². The molecule has 236 valence electrons. The molecule has 0 radical (unpaired) electrons. The molecule has 3 fully saturated rings. The van der Waals surface area contributed by atoms with Gasteiger partial charge in [-0.15, -0.1) is 0 Å². The van der Waals surface area contributed by atoms with Crippen molar-refractivity contribution in [3.63, 3.8) is 0 Å². The highest BCUT2D eigenvalue weighted by atomic mass is 35.5.